The van der Waals surface area contributed by atoms with Gasteiger partial charge in [-0.1, -0.05) is 68.2 Å². The van der Waals surface area contributed by atoms with Crippen molar-refractivity contribution >= 4 is 51.9 Å². The van der Waals surface area contributed by atoms with E-state index >= 15 is 0 Å². The van der Waals surface area contributed by atoms with Gasteiger partial charge in [-0.15, -0.1) is 0 Å². The van der Waals surface area contributed by atoms with Crippen LogP contribution in [0.1, 0.15) is 78.0 Å². The lowest BCUT2D eigenvalue weighted by atomic mass is 9.81. The average molecular weight is 698 g/mol. The molecule has 2 aromatic rings. The Kier molecular flexibility index (Phi) is 8.48. The van der Waals surface area contributed by atoms with Gasteiger partial charge in [0.05, 0.1) is 6.04 Å². The fourth-order valence-electron chi connectivity index (χ4n) is 8.13. The van der Waals surface area contributed by atoms with Crippen LogP contribution in [0.3, 0.4) is 0 Å². The largest absolute Gasteiger partial charge is 0.343 e. The number of carbonyl (C=O) groups excluding carboxylic acids is 2. The molecule has 0 radical (unpaired) electrons. The molecule has 6 atom stereocenters. The van der Waals surface area contributed by atoms with Crippen LogP contribution in [0.25, 0.3) is 0 Å². The molecular formula is C36H42Cl2N4O4S. The molecule has 2 aromatic carbocycles. The summed E-state index contributed by atoms with van der Waals surface area (Å²) in [6.07, 6.45) is 1.92. The maximum absolute atomic E-state index is 14.8. The number of rotatable bonds is 6. The summed E-state index contributed by atoms with van der Waals surface area (Å²) in [7, 11) is 0. The number of benzene rings is 2. The van der Waals surface area contributed by atoms with Gasteiger partial charge in [0.1, 0.15) is 28.7 Å². The predicted molar refractivity (Wildman–Crippen MR) is 186 cm³/mol. The van der Waals surface area contributed by atoms with Crippen molar-refractivity contribution in [3.63, 3.8) is 0 Å². The Bertz CT molecular complexity index is 1630. The highest BCUT2D eigenvalue weighted by Gasteiger charge is 2.55. The van der Waals surface area contributed by atoms with E-state index in [1.807, 2.05) is 72.2 Å². The zero-order valence-corrected chi connectivity index (χ0v) is 30.0. The topological polar surface area (TPSA) is 74.7 Å². The molecule has 5 heterocycles. The fourth-order valence-corrected chi connectivity index (χ4v) is 9.74. The van der Waals surface area contributed by atoms with Gasteiger partial charge in [-0.2, -0.15) is 0 Å². The Morgan fingerprint density at radius 2 is 1.55 bits per heavy atom. The van der Waals surface area contributed by atoms with Gasteiger partial charge in [0.2, 0.25) is 5.91 Å². The van der Waals surface area contributed by atoms with Crippen molar-refractivity contribution in [2.24, 2.45) is 10.9 Å². The number of carbonyl (C=O) groups is 2. The number of amidine groups is 1. The quantitative estimate of drug-likeness (QED) is 0.314. The minimum atomic E-state index is -0.653. The number of aliphatic imine (C=N–C) groups is 1. The van der Waals surface area contributed by atoms with Crippen molar-refractivity contribution in [1.29, 1.82) is 0 Å². The van der Waals surface area contributed by atoms with Crippen LogP contribution in [0.15, 0.2) is 64.1 Å². The summed E-state index contributed by atoms with van der Waals surface area (Å²) in [5.41, 5.74) is 2.36. The van der Waals surface area contributed by atoms with Gasteiger partial charge in [-0.05, 0) is 93.1 Å². The molecule has 0 saturated carbocycles. The molecule has 5 aliphatic rings. The summed E-state index contributed by atoms with van der Waals surface area (Å²) in [5, 5.41) is 2.11. The molecular weight excluding hydrogens is 655 g/mol. The lowest BCUT2D eigenvalue weighted by Gasteiger charge is -2.37. The first-order valence-electron chi connectivity index (χ1n) is 16.6. The molecule has 47 heavy (non-hydrogen) atoms. The SMILES string of the molecule is CC[C@@H]1CC[C@H](C(=O)N2C[C@@H]3OC(C)(C)O[C@@H]3C2)N1C(=O)C1=C(C(C)C)N2C(=N[C@@](C)(c3ccc(Cl)cc3)[C@H]2c2ccc(Cl)cc2)S1. The monoisotopic (exact) mass is 696 g/mol. The normalized spacial score (nSPS) is 31.2. The highest BCUT2D eigenvalue weighted by molar-refractivity contribution is 8.18. The van der Waals surface area contributed by atoms with Crippen LogP contribution in [0, 0.1) is 5.92 Å². The van der Waals surface area contributed by atoms with Crippen molar-refractivity contribution in [2.75, 3.05) is 13.1 Å². The van der Waals surface area contributed by atoms with Crippen LogP contribution >= 0.6 is 35.0 Å². The van der Waals surface area contributed by atoms with E-state index in [1.165, 1.54) is 11.8 Å². The van der Waals surface area contributed by atoms with E-state index in [-0.39, 0.29) is 42.0 Å². The van der Waals surface area contributed by atoms with E-state index in [4.69, 9.17) is 37.7 Å². The molecule has 0 aliphatic carbocycles. The van der Waals surface area contributed by atoms with Crippen LogP contribution < -0.4 is 0 Å². The maximum Gasteiger partial charge on any atom is 0.263 e. The third kappa shape index (κ3) is 5.60. The van der Waals surface area contributed by atoms with Gasteiger partial charge in [-0.25, -0.2) is 4.99 Å². The number of halogens is 2. The number of hydrogen-bond donors (Lipinski definition) is 0. The Morgan fingerprint density at radius 1 is 0.957 bits per heavy atom. The first-order valence-corrected chi connectivity index (χ1v) is 18.2. The van der Waals surface area contributed by atoms with E-state index in [1.54, 1.807) is 0 Å². The molecule has 0 N–H and O–H groups in total. The van der Waals surface area contributed by atoms with E-state index in [0.29, 0.717) is 34.5 Å². The number of hydrogen-bond acceptors (Lipinski definition) is 7. The molecule has 8 nitrogen and oxygen atoms in total. The third-order valence-electron chi connectivity index (χ3n) is 10.3. The Morgan fingerprint density at radius 3 is 2.13 bits per heavy atom. The van der Waals surface area contributed by atoms with E-state index in [9.17, 15) is 9.59 Å². The fraction of sp³-hybridized carbons (Fsp3) is 0.528. The summed E-state index contributed by atoms with van der Waals surface area (Å²) in [6.45, 7) is 13.3. The molecule has 0 unspecified atom stereocenters. The predicted octanol–water partition coefficient (Wildman–Crippen LogP) is 7.37. The second-order valence-corrected chi connectivity index (χ2v) is 16.0. The first-order chi connectivity index (χ1) is 22.3. The zero-order valence-electron chi connectivity index (χ0n) is 27.7. The number of amides is 2. The molecule has 0 spiro atoms. The van der Waals surface area contributed by atoms with Crippen LogP contribution in [0.2, 0.25) is 10.0 Å². The molecule has 0 aromatic heterocycles. The molecule has 5 aliphatic heterocycles. The smallest absolute Gasteiger partial charge is 0.263 e. The van der Waals surface area contributed by atoms with Crippen molar-refractivity contribution in [3.05, 3.63) is 80.3 Å². The maximum atomic E-state index is 14.8. The van der Waals surface area contributed by atoms with Gasteiger partial charge in [0.25, 0.3) is 5.91 Å². The summed E-state index contributed by atoms with van der Waals surface area (Å²) in [4.78, 5) is 41.0. The number of thioether (sulfide) groups is 1. The second-order valence-electron chi connectivity index (χ2n) is 14.2. The molecule has 3 saturated heterocycles. The van der Waals surface area contributed by atoms with Crippen LogP contribution in [0.4, 0.5) is 0 Å². The van der Waals surface area contributed by atoms with E-state index < -0.39 is 17.4 Å². The highest BCUT2D eigenvalue weighted by Crippen LogP contribution is 2.56. The first kappa shape index (κ1) is 33.0. The lowest BCUT2D eigenvalue weighted by Crippen LogP contribution is -2.50. The van der Waals surface area contributed by atoms with Crippen molar-refractivity contribution < 1.29 is 19.1 Å². The van der Waals surface area contributed by atoms with Crippen LogP contribution in [0.5, 0.6) is 0 Å². The summed E-state index contributed by atoms with van der Waals surface area (Å²) >= 11 is 14.1. The minimum absolute atomic E-state index is 0.0176. The summed E-state index contributed by atoms with van der Waals surface area (Å²) in [5.74, 6) is -0.731. The Labute approximate surface area is 291 Å². The van der Waals surface area contributed by atoms with Gasteiger partial charge < -0.3 is 24.2 Å². The number of allylic oxidation sites excluding steroid dienone is 1. The molecule has 3 fully saturated rings. The molecule has 250 valence electrons. The summed E-state index contributed by atoms with van der Waals surface area (Å²) in [6, 6.07) is 15.0. The zero-order chi connectivity index (χ0) is 33.4. The number of likely N-dealkylation sites (tertiary alicyclic amines) is 2. The molecule has 11 heteroatoms. The van der Waals surface area contributed by atoms with Crippen LogP contribution in [-0.4, -0.2) is 74.8 Å². The standard InChI is InChI=1S/C36H42Cl2N4O4S/c1-7-25-16-17-26(32(43)40-18-27-28(19-40)46-35(4,5)45-27)41(25)33(44)30-29(20(2)3)42-31(21-8-12-23(37)13-9-21)36(6,39-34(42)47-30)22-10-14-24(38)15-11-22/h8-15,20,25-28,31H,7,16-19H2,1-6H3/t25-,26-,27-,28+,31-,36+/m1/s1. The van der Waals surface area contributed by atoms with Gasteiger partial charge >= 0.3 is 0 Å². The molecule has 7 rings (SSSR count). The van der Waals surface area contributed by atoms with Crippen LogP contribution in [-0.2, 0) is 24.6 Å². The van der Waals surface area contributed by atoms with E-state index in [0.717, 1.165) is 34.8 Å². The van der Waals surface area contributed by atoms with E-state index in [2.05, 4.69) is 32.6 Å². The van der Waals surface area contributed by atoms with Crippen molar-refractivity contribution in [3.8, 4) is 0 Å². The third-order valence-corrected chi connectivity index (χ3v) is 11.8. The van der Waals surface area contributed by atoms with Gasteiger partial charge in [0.15, 0.2) is 11.0 Å². The molecule has 2 amide bonds. The van der Waals surface area contributed by atoms with Crippen molar-refractivity contribution in [1.82, 2.24) is 14.7 Å². The highest BCUT2D eigenvalue weighted by atomic mass is 35.5. The Hall–Kier alpha value is -2.56. The van der Waals surface area contributed by atoms with Gasteiger partial charge in [-0.3, -0.25) is 9.59 Å². The minimum Gasteiger partial charge on any atom is -0.343 e. The second kappa shape index (κ2) is 12.1. The number of nitrogens with zero attached hydrogens (tertiary/aromatic N) is 4. The number of fused-ring (bicyclic) bond motifs is 2. The Balaban J connectivity index is 1.24. The molecule has 0 bridgehead atoms. The number of ether oxygens (including phenoxy) is 2. The lowest BCUT2D eigenvalue weighted by molar-refractivity contribution is -0.162. The van der Waals surface area contributed by atoms with Crippen molar-refractivity contribution in [2.45, 2.75) is 102 Å². The summed E-state index contributed by atoms with van der Waals surface area (Å²) < 4.78 is 12.1. The van der Waals surface area contributed by atoms with Gasteiger partial charge in [0, 0.05) is 34.9 Å². The average Bonchev–Trinajstić information content (AvgIpc) is 3.81.